The number of carbonyl (C=O) groups is 2. The number of hydrogen-bond donors (Lipinski definition) is 4. The number of urea groups is 1. The Bertz CT molecular complexity index is 940. The Hall–Kier alpha value is -3.34. The van der Waals surface area contributed by atoms with Gasteiger partial charge in [0.25, 0.3) is 5.91 Å². The van der Waals surface area contributed by atoms with Crippen LogP contribution in [0, 0.1) is 11.8 Å². The van der Waals surface area contributed by atoms with Gasteiger partial charge in [-0.2, -0.15) is 0 Å². The number of nitrogens with one attached hydrogen (secondary N) is 3. The summed E-state index contributed by atoms with van der Waals surface area (Å²) in [4.78, 5) is 26.4. The van der Waals surface area contributed by atoms with E-state index in [2.05, 4.69) is 34.4 Å². The molecule has 0 bridgehead atoms. The fraction of sp³-hybridized carbons (Fsp3) is 0.360. The Morgan fingerprint density at radius 3 is 2.56 bits per heavy atom. The molecule has 32 heavy (non-hydrogen) atoms. The Labute approximate surface area is 191 Å². The van der Waals surface area contributed by atoms with Crippen molar-refractivity contribution < 1.29 is 14.7 Å². The van der Waals surface area contributed by atoms with E-state index in [1.807, 2.05) is 57.3 Å². The van der Waals surface area contributed by atoms with Crippen molar-refractivity contribution in [3.05, 3.63) is 59.7 Å². The van der Waals surface area contributed by atoms with E-state index < -0.39 is 11.6 Å². The zero-order valence-electron chi connectivity index (χ0n) is 19.6. The number of imide groups is 1. The van der Waals surface area contributed by atoms with Crippen LogP contribution in [0.4, 0.5) is 4.79 Å². The molecule has 1 heterocycles. The minimum Gasteiger partial charge on any atom is -0.508 e. The van der Waals surface area contributed by atoms with Crippen molar-refractivity contribution in [2.75, 3.05) is 27.7 Å². The molecule has 1 aromatic rings. The average molecular weight is 439 g/mol. The monoisotopic (exact) mass is 438 g/mol. The van der Waals surface area contributed by atoms with Crippen molar-refractivity contribution in [2.24, 2.45) is 0 Å². The summed E-state index contributed by atoms with van der Waals surface area (Å²) in [6, 6.07) is 4.59. The standard InChI is InChI=1S/C23H27N3O3.C2H7N/c1-5-9-17(6-2)10-8-13-23(21(28)24-22(29)25-23)16-26(4)15-19-11-12-20(27)14-18(19)7-3;1-3-2/h6-8,10-12,14,27H,3,13,15-16H2,1-2,4H3,(H2,24,25,28,29);3H,1-2H3/b10-8-,17-6-;/t23-;/m1./s1. The lowest BCUT2D eigenvalue weighted by atomic mass is 9.93. The van der Waals surface area contributed by atoms with Gasteiger partial charge in [0.1, 0.15) is 11.3 Å². The molecule has 3 amide bonds. The molecule has 0 unspecified atom stereocenters. The minimum atomic E-state index is -1.06. The molecule has 0 saturated carbocycles. The second kappa shape index (κ2) is 13.2. The van der Waals surface area contributed by atoms with Gasteiger partial charge < -0.3 is 15.7 Å². The van der Waals surface area contributed by atoms with Crippen LogP contribution in [0.1, 0.15) is 31.4 Å². The molecule has 1 saturated heterocycles. The van der Waals surface area contributed by atoms with Crippen LogP contribution in [-0.4, -0.2) is 55.2 Å². The SMILES string of the molecule is C=Cc1cc(O)ccc1CN(C)C[C@@]1(C/C=C\C(C#CC)=C/C)NC(=O)NC1=O.CNC. The maximum atomic E-state index is 12.6. The lowest BCUT2D eigenvalue weighted by molar-refractivity contribution is -0.124. The smallest absolute Gasteiger partial charge is 0.322 e. The van der Waals surface area contributed by atoms with Gasteiger partial charge in [0.05, 0.1) is 0 Å². The van der Waals surface area contributed by atoms with Gasteiger partial charge in [0, 0.05) is 18.7 Å². The van der Waals surface area contributed by atoms with Crippen LogP contribution in [0.3, 0.4) is 0 Å². The summed E-state index contributed by atoms with van der Waals surface area (Å²) in [6.45, 7) is 8.28. The highest BCUT2D eigenvalue weighted by atomic mass is 16.3. The zero-order valence-corrected chi connectivity index (χ0v) is 19.6. The lowest BCUT2D eigenvalue weighted by Gasteiger charge is -2.30. The van der Waals surface area contributed by atoms with E-state index in [0.717, 1.165) is 16.7 Å². The summed E-state index contributed by atoms with van der Waals surface area (Å²) in [7, 11) is 5.63. The van der Waals surface area contributed by atoms with Gasteiger partial charge in [-0.25, -0.2) is 4.79 Å². The van der Waals surface area contributed by atoms with Gasteiger partial charge in [-0.3, -0.25) is 15.0 Å². The van der Waals surface area contributed by atoms with E-state index >= 15 is 0 Å². The van der Waals surface area contributed by atoms with Crippen LogP contribution in [-0.2, 0) is 11.3 Å². The molecule has 172 valence electrons. The maximum absolute atomic E-state index is 12.6. The van der Waals surface area contributed by atoms with E-state index in [1.165, 1.54) is 0 Å². The Balaban J connectivity index is 0.00000161. The second-order valence-electron chi connectivity index (χ2n) is 7.48. The van der Waals surface area contributed by atoms with E-state index in [-0.39, 0.29) is 11.7 Å². The first-order valence-electron chi connectivity index (χ1n) is 10.4. The van der Waals surface area contributed by atoms with Crippen LogP contribution < -0.4 is 16.0 Å². The first-order valence-corrected chi connectivity index (χ1v) is 10.4. The zero-order chi connectivity index (χ0) is 24.1. The number of likely N-dealkylation sites (N-methyl/N-ethyl adjacent to an activating group) is 1. The summed E-state index contributed by atoms with van der Waals surface area (Å²) >= 11 is 0. The predicted octanol–water partition coefficient (Wildman–Crippen LogP) is 2.80. The molecule has 0 spiro atoms. The summed E-state index contributed by atoms with van der Waals surface area (Å²) in [5.74, 6) is 5.64. The molecule has 2 rings (SSSR count). The third kappa shape index (κ3) is 7.73. The van der Waals surface area contributed by atoms with Crippen molar-refractivity contribution in [1.29, 1.82) is 0 Å². The van der Waals surface area contributed by atoms with Crippen molar-refractivity contribution >= 4 is 18.0 Å². The quantitative estimate of drug-likeness (QED) is 0.285. The number of aromatic hydroxyl groups is 1. The molecule has 0 aromatic heterocycles. The topological polar surface area (TPSA) is 93.7 Å². The van der Waals surface area contributed by atoms with Gasteiger partial charge in [0.15, 0.2) is 0 Å². The number of benzene rings is 1. The molecule has 4 N–H and O–H groups in total. The fourth-order valence-corrected chi connectivity index (χ4v) is 3.31. The normalized spacial score (nSPS) is 17.9. The summed E-state index contributed by atoms with van der Waals surface area (Å²) < 4.78 is 0. The maximum Gasteiger partial charge on any atom is 0.322 e. The summed E-state index contributed by atoms with van der Waals surface area (Å²) in [5.41, 5.74) is 1.57. The average Bonchev–Trinajstić information content (AvgIpc) is 3.01. The number of rotatable bonds is 8. The summed E-state index contributed by atoms with van der Waals surface area (Å²) in [5, 5.41) is 17.5. The molecule has 1 aliphatic rings. The van der Waals surface area contributed by atoms with E-state index in [4.69, 9.17) is 0 Å². The fourth-order valence-electron chi connectivity index (χ4n) is 3.31. The molecule has 7 nitrogen and oxygen atoms in total. The molecule has 7 heteroatoms. The molecule has 0 aliphatic carbocycles. The van der Waals surface area contributed by atoms with Gasteiger partial charge >= 0.3 is 6.03 Å². The number of allylic oxidation sites excluding steroid dienone is 3. The van der Waals surface area contributed by atoms with Gasteiger partial charge in [-0.05, 0) is 64.7 Å². The van der Waals surface area contributed by atoms with Crippen molar-refractivity contribution in [2.45, 2.75) is 32.4 Å². The lowest BCUT2D eigenvalue weighted by Crippen LogP contribution is -2.54. The summed E-state index contributed by atoms with van der Waals surface area (Å²) in [6.07, 6.45) is 7.61. The van der Waals surface area contributed by atoms with E-state index in [1.54, 1.807) is 25.1 Å². The van der Waals surface area contributed by atoms with Crippen LogP contribution in [0.2, 0.25) is 0 Å². The highest BCUT2D eigenvalue weighted by molar-refractivity contribution is 6.07. The number of phenolic OH excluding ortho intramolecular Hbond substituents is 1. The Morgan fingerprint density at radius 1 is 1.34 bits per heavy atom. The molecule has 1 fully saturated rings. The van der Waals surface area contributed by atoms with Gasteiger partial charge in [-0.1, -0.05) is 42.9 Å². The predicted molar refractivity (Wildman–Crippen MR) is 130 cm³/mol. The molecule has 1 aliphatic heterocycles. The van der Waals surface area contributed by atoms with Crippen molar-refractivity contribution in [3.63, 3.8) is 0 Å². The first kappa shape index (κ1) is 26.7. The minimum absolute atomic E-state index is 0.172. The largest absolute Gasteiger partial charge is 0.508 e. The van der Waals surface area contributed by atoms with E-state index in [9.17, 15) is 14.7 Å². The molecular formula is C25H34N4O3. The molecule has 1 aromatic carbocycles. The Morgan fingerprint density at radius 2 is 2.03 bits per heavy atom. The van der Waals surface area contributed by atoms with Gasteiger partial charge in [0.2, 0.25) is 0 Å². The Kier molecular flexibility index (Phi) is 11.0. The number of hydrogen-bond acceptors (Lipinski definition) is 5. The third-order valence-corrected chi connectivity index (χ3v) is 4.69. The van der Waals surface area contributed by atoms with E-state index in [0.29, 0.717) is 19.5 Å². The third-order valence-electron chi connectivity index (χ3n) is 4.69. The van der Waals surface area contributed by atoms with Crippen LogP contribution in [0.15, 0.2) is 48.6 Å². The first-order chi connectivity index (χ1) is 15.2. The van der Waals surface area contributed by atoms with Crippen molar-refractivity contribution in [3.8, 4) is 17.6 Å². The second-order valence-corrected chi connectivity index (χ2v) is 7.48. The van der Waals surface area contributed by atoms with Crippen molar-refractivity contribution in [1.82, 2.24) is 20.9 Å². The van der Waals surface area contributed by atoms with Gasteiger partial charge in [-0.15, -0.1) is 5.92 Å². The molecular weight excluding hydrogens is 404 g/mol. The molecule has 1 atom stereocenters. The number of phenols is 1. The van der Waals surface area contributed by atoms with Crippen LogP contribution >= 0.6 is 0 Å². The number of nitrogens with zero attached hydrogens (tertiary/aromatic N) is 1. The number of carbonyl (C=O) groups excluding carboxylic acids is 2. The highest BCUT2D eigenvalue weighted by Crippen LogP contribution is 2.22. The van der Waals surface area contributed by atoms with Crippen LogP contribution in [0.25, 0.3) is 6.08 Å². The molecule has 0 radical (unpaired) electrons. The number of amides is 3. The van der Waals surface area contributed by atoms with Crippen LogP contribution in [0.5, 0.6) is 5.75 Å². The highest BCUT2D eigenvalue weighted by Gasteiger charge is 2.45.